The lowest BCUT2D eigenvalue weighted by atomic mass is 9.88. The molecule has 0 aliphatic carbocycles. The van der Waals surface area contributed by atoms with Crippen LogP contribution >= 0.6 is 0 Å². The number of carbonyl (C=O) groups excluding carboxylic acids is 1. The highest BCUT2D eigenvalue weighted by atomic mass is 16.1. The molecular weight excluding hydrogens is 280 g/mol. The summed E-state index contributed by atoms with van der Waals surface area (Å²) in [6.45, 7) is 8.33. The predicted molar refractivity (Wildman–Crippen MR) is 104 cm³/mol. The van der Waals surface area contributed by atoms with Crippen LogP contribution in [-0.2, 0) is 4.79 Å². The van der Waals surface area contributed by atoms with Crippen LogP contribution in [0.5, 0.6) is 0 Å². The monoisotopic (exact) mass is 322 g/mol. The van der Waals surface area contributed by atoms with Crippen LogP contribution in [0, 0.1) is 5.41 Å². The van der Waals surface area contributed by atoms with E-state index in [1.807, 2.05) is 20.8 Å². The van der Waals surface area contributed by atoms with Gasteiger partial charge in [0.15, 0.2) is 0 Å². The Bertz CT molecular complexity index is 296. The van der Waals surface area contributed by atoms with Crippen LogP contribution in [-0.4, -0.2) is 5.78 Å². The van der Waals surface area contributed by atoms with E-state index in [0.717, 1.165) is 12.8 Å². The van der Waals surface area contributed by atoms with E-state index in [0.29, 0.717) is 5.78 Å². The Labute approximate surface area is 146 Å². The second-order valence-electron chi connectivity index (χ2n) is 8.01. The maximum atomic E-state index is 11.8. The molecule has 1 heteroatoms. The summed E-state index contributed by atoms with van der Waals surface area (Å²) >= 11 is 0. The van der Waals surface area contributed by atoms with E-state index >= 15 is 0 Å². The van der Waals surface area contributed by atoms with Crippen molar-refractivity contribution >= 4 is 5.78 Å². The zero-order valence-electron chi connectivity index (χ0n) is 16.5. The lowest BCUT2D eigenvalue weighted by Crippen LogP contribution is -2.19. The summed E-state index contributed by atoms with van der Waals surface area (Å²) in [6, 6.07) is 0. The van der Waals surface area contributed by atoms with Gasteiger partial charge in [0, 0.05) is 11.8 Å². The summed E-state index contributed by atoms with van der Waals surface area (Å²) in [5.74, 6) is 0.416. The van der Waals surface area contributed by atoms with Crippen molar-refractivity contribution < 1.29 is 4.79 Å². The molecule has 0 atom stereocenters. The zero-order chi connectivity index (χ0) is 17.4. The van der Waals surface area contributed by atoms with Crippen LogP contribution in [0.2, 0.25) is 0 Å². The highest BCUT2D eigenvalue weighted by Crippen LogP contribution is 2.19. The fourth-order valence-electron chi connectivity index (χ4n) is 2.73. The van der Waals surface area contributed by atoms with Gasteiger partial charge in [0.05, 0.1) is 0 Å². The molecule has 0 aromatic rings. The summed E-state index contributed by atoms with van der Waals surface area (Å²) in [6.07, 6.45) is 22.5. The van der Waals surface area contributed by atoms with E-state index in [1.54, 1.807) is 0 Å². The van der Waals surface area contributed by atoms with Crippen molar-refractivity contribution in [3.8, 4) is 0 Å². The first-order chi connectivity index (χ1) is 11.0. The van der Waals surface area contributed by atoms with Crippen molar-refractivity contribution in [3.05, 3.63) is 12.2 Å². The first-order valence-corrected chi connectivity index (χ1v) is 10.2. The standard InChI is InChI=1S/C22H42O/c1-5-6-7-8-9-10-11-12-13-14-15-16-17-18-19-20-21(23)22(2,3)4/h10-11H,5-9,12-20H2,1-4H3/b11-10-. The lowest BCUT2D eigenvalue weighted by molar-refractivity contribution is -0.126. The minimum atomic E-state index is -0.149. The maximum absolute atomic E-state index is 11.8. The number of hydrogen-bond acceptors (Lipinski definition) is 1. The zero-order valence-corrected chi connectivity index (χ0v) is 16.5. The molecule has 0 bridgehead atoms. The van der Waals surface area contributed by atoms with Crippen LogP contribution in [0.25, 0.3) is 0 Å². The third-order valence-electron chi connectivity index (χ3n) is 4.50. The topological polar surface area (TPSA) is 17.1 Å². The smallest absolute Gasteiger partial charge is 0.138 e. The number of allylic oxidation sites excluding steroid dienone is 2. The van der Waals surface area contributed by atoms with Crippen molar-refractivity contribution in [1.29, 1.82) is 0 Å². The number of unbranched alkanes of at least 4 members (excludes halogenated alkanes) is 11. The van der Waals surface area contributed by atoms with Crippen LogP contribution in [0.1, 0.15) is 118 Å². The average Bonchev–Trinajstić information content (AvgIpc) is 2.50. The van der Waals surface area contributed by atoms with E-state index < -0.39 is 0 Å². The summed E-state index contributed by atoms with van der Waals surface area (Å²) in [4.78, 5) is 11.8. The van der Waals surface area contributed by atoms with Gasteiger partial charge in [-0.15, -0.1) is 0 Å². The molecule has 1 nitrogen and oxygen atoms in total. The van der Waals surface area contributed by atoms with Crippen molar-refractivity contribution in [3.63, 3.8) is 0 Å². The van der Waals surface area contributed by atoms with Crippen LogP contribution in [0.15, 0.2) is 12.2 Å². The maximum Gasteiger partial charge on any atom is 0.138 e. The molecule has 0 saturated carbocycles. The predicted octanol–water partition coefficient (Wildman–Crippen LogP) is 7.64. The molecule has 0 aromatic carbocycles. The summed E-state index contributed by atoms with van der Waals surface area (Å²) in [5.41, 5.74) is -0.149. The van der Waals surface area contributed by atoms with Gasteiger partial charge in [-0.05, 0) is 32.1 Å². The number of Topliss-reactive ketones (excluding diaryl/α,β-unsaturated/α-hetero) is 1. The molecule has 0 saturated heterocycles. The van der Waals surface area contributed by atoms with Crippen molar-refractivity contribution in [1.82, 2.24) is 0 Å². The van der Waals surface area contributed by atoms with E-state index in [9.17, 15) is 4.79 Å². The van der Waals surface area contributed by atoms with E-state index in [1.165, 1.54) is 77.0 Å². The molecule has 0 spiro atoms. The summed E-state index contributed by atoms with van der Waals surface area (Å²) in [7, 11) is 0. The van der Waals surface area contributed by atoms with E-state index in [-0.39, 0.29) is 5.41 Å². The molecule has 136 valence electrons. The Morgan fingerprint density at radius 3 is 1.61 bits per heavy atom. The molecule has 0 unspecified atom stereocenters. The van der Waals surface area contributed by atoms with Gasteiger partial charge in [-0.2, -0.15) is 0 Å². The second kappa shape index (κ2) is 15.0. The van der Waals surface area contributed by atoms with Gasteiger partial charge in [-0.3, -0.25) is 4.79 Å². The first kappa shape index (κ1) is 22.4. The molecule has 0 N–H and O–H groups in total. The van der Waals surface area contributed by atoms with Crippen LogP contribution < -0.4 is 0 Å². The largest absolute Gasteiger partial charge is 0.299 e. The van der Waals surface area contributed by atoms with Crippen LogP contribution in [0.4, 0.5) is 0 Å². The number of carbonyl (C=O) groups is 1. The number of rotatable bonds is 15. The van der Waals surface area contributed by atoms with E-state index in [4.69, 9.17) is 0 Å². The highest BCUT2D eigenvalue weighted by molar-refractivity contribution is 5.83. The molecule has 0 heterocycles. The Morgan fingerprint density at radius 2 is 1.13 bits per heavy atom. The van der Waals surface area contributed by atoms with Gasteiger partial charge in [-0.25, -0.2) is 0 Å². The molecule has 0 aliphatic rings. The third-order valence-corrected chi connectivity index (χ3v) is 4.50. The summed E-state index contributed by atoms with van der Waals surface area (Å²) in [5, 5.41) is 0. The molecule has 0 radical (unpaired) electrons. The van der Waals surface area contributed by atoms with E-state index in [2.05, 4.69) is 19.1 Å². The second-order valence-corrected chi connectivity index (χ2v) is 8.01. The SMILES string of the molecule is CCCCCC/C=C\CCCCCCCCCC(=O)C(C)(C)C. The Balaban J connectivity index is 3.22. The van der Waals surface area contributed by atoms with Gasteiger partial charge >= 0.3 is 0 Å². The van der Waals surface area contributed by atoms with Gasteiger partial charge < -0.3 is 0 Å². The third kappa shape index (κ3) is 16.1. The number of hydrogen-bond donors (Lipinski definition) is 0. The molecule has 0 rings (SSSR count). The first-order valence-electron chi connectivity index (χ1n) is 10.2. The fraction of sp³-hybridized carbons (Fsp3) is 0.864. The minimum absolute atomic E-state index is 0.149. The average molecular weight is 323 g/mol. The normalized spacial score (nSPS) is 12.2. The molecule has 0 aliphatic heterocycles. The number of ketones is 1. The fourth-order valence-corrected chi connectivity index (χ4v) is 2.73. The molecule has 0 aromatic heterocycles. The Kier molecular flexibility index (Phi) is 14.6. The van der Waals surface area contributed by atoms with Gasteiger partial charge in [0.2, 0.25) is 0 Å². The van der Waals surface area contributed by atoms with Gasteiger partial charge in [0.1, 0.15) is 5.78 Å². The Hall–Kier alpha value is -0.590. The summed E-state index contributed by atoms with van der Waals surface area (Å²) < 4.78 is 0. The van der Waals surface area contributed by atoms with Crippen molar-refractivity contribution in [2.75, 3.05) is 0 Å². The minimum Gasteiger partial charge on any atom is -0.299 e. The van der Waals surface area contributed by atoms with Gasteiger partial charge in [0.25, 0.3) is 0 Å². The van der Waals surface area contributed by atoms with Crippen LogP contribution in [0.3, 0.4) is 0 Å². The van der Waals surface area contributed by atoms with Crippen molar-refractivity contribution in [2.24, 2.45) is 5.41 Å². The molecular formula is C22H42O. The molecule has 0 fully saturated rings. The van der Waals surface area contributed by atoms with Crippen molar-refractivity contribution in [2.45, 2.75) is 118 Å². The quantitative estimate of drug-likeness (QED) is 0.223. The lowest BCUT2D eigenvalue weighted by Gasteiger charge is -2.16. The Morgan fingerprint density at radius 1 is 0.696 bits per heavy atom. The van der Waals surface area contributed by atoms with Gasteiger partial charge in [-0.1, -0.05) is 91.2 Å². The highest BCUT2D eigenvalue weighted by Gasteiger charge is 2.19. The molecule has 23 heavy (non-hydrogen) atoms. The molecule has 0 amide bonds.